The smallest absolute Gasteiger partial charge is 0.271 e. The largest absolute Gasteiger partial charge is 0.372 e. The molecule has 1 fully saturated rings. The second-order valence-corrected chi connectivity index (χ2v) is 7.75. The van der Waals surface area contributed by atoms with Crippen LogP contribution in [0, 0.1) is 11.8 Å². The van der Waals surface area contributed by atoms with E-state index in [1.54, 1.807) is 12.1 Å². The molecule has 0 saturated carbocycles. The first-order chi connectivity index (χ1) is 13.0. The van der Waals surface area contributed by atoms with Crippen LogP contribution in [-0.2, 0) is 0 Å². The van der Waals surface area contributed by atoms with Gasteiger partial charge in [0.05, 0.1) is 0 Å². The lowest BCUT2D eigenvalue weighted by Gasteiger charge is -2.32. The molecule has 0 spiro atoms. The summed E-state index contributed by atoms with van der Waals surface area (Å²) in [4.78, 5) is 14.4. The monoisotopic (exact) mass is 367 g/mol. The molecule has 0 aliphatic carbocycles. The lowest BCUT2D eigenvalue weighted by molar-refractivity contribution is 0.0943. The van der Waals surface area contributed by atoms with Gasteiger partial charge in [-0.1, -0.05) is 20.8 Å². The van der Waals surface area contributed by atoms with Crippen molar-refractivity contribution in [2.45, 2.75) is 33.6 Å². The summed E-state index contributed by atoms with van der Waals surface area (Å²) in [7, 11) is 0. The van der Waals surface area contributed by atoms with E-state index >= 15 is 0 Å². The van der Waals surface area contributed by atoms with Crippen molar-refractivity contribution >= 4 is 23.1 Å². The number of anilines is 3. The summed E-state index contributed by atoms with van der Waals surface area (Å²) in [5.41, 5.74) is 2.54. The van der Waals surface area contributed by atoms with Gasteiger partial charge < -0.3 is 15.5 Å². The lowest BCUT2D eigenvalue weighted by atomic mass is 9.99. The molecule has 2 heterocycles. The van der Waals surface area contributed by atoms with Gasteiger partial charge in [0, 0.05) is 31.0 Å². The number of nitrogens with zero attached hydrogens (tertiary/aromatic N) is 3. The number of piperidine rings is 1. The second kappa shape index (κ2) is 8.84. The SMILES string of the molecule is CC(C)CNC(=O)c1ccc(Nc2ccc(N3CCC(C)CC3)cc2)nn1. The van der Waals surface area contributed by atoms with Crippen LogP contribution in [-0.4, -0.2) is 35.7 Å². The molecule has 2 N–H and O–H groups in total. The number of benzene rings is 1. The standard InChI is InChI=1S/C21H29N5O/c1-15(2)14-22-21(27)19-8-9-20(25-24-19)23-17-4-6-18(7-5-17)26-12-10-16(3)11-13-26/h4-9,15-16H,10-14H2,1-3H3,(H,22,27)(H,23,25). The van der Waals surface area contributed by atoms with E-state index in [0.29, 0.717) is 24.0 Å². The molecule has 1 saturated heterocycles. The van der Waals surface area contributed by atoms with Gasteiger partial charge in [-0.15, -0.1) is 10.2 Å². The summed E-state index contributed by atoms with van der Waals surface area (Å²) < 4.78 is 0. The van der Waals surface area contributed by atoms with Gasteiger partial charge in [-0.2, -0.15) is 0 Å². The van der Waals surface area contributed by atoms with Crippen LogP contribution in [0.1, 0.15) is 44.1 Å². The zero-order valence-electron chi connectivity index (χ0n) is 16.4. The van der Waals surface area contributed by atoms with Crippen LogP contribution in [0.3, 0.4) is 0 Å². The van der Waals surface area contributed by atoms with Gasteiger partial charge in [-0.25, -0.2) is 0 Å². The number of carbonyl (C=O) groups is 1. The van der Waals surface area contributed by atoms with Gasteiger partial charge in [-0.05, 0) is 61.1 Å². The molecule has 6 heteroatoms. The van der Waals surface area contributed by atoms with Crippen molar-refractivity contribution in [3.05, 3.63) is 42.1 Å². The average molecular weight is 367 g/mol. The average Bonchev–Trinajstić information content (AvgIpc) is 2.68. The highest BCUT2D eigenvalue weighted by Gasteiger charge is 2.15. The molecule has 0 radical (unpaired) electrons. The Morgan fingerprint density at radius 3 is 2.41 bits per heavy atom. The Labute approximate surface area is 161 Å². The first-order valence-corrected chi connectivity index (χ1v) is 9.75. The Hall–Kier alpha value is -2.63. The fourth-order valence-corrected chi connectivity index (χ4v) is 3.08. The fourth-order valence-electron chi connectivity index (χ4n) is 3.08. The summed E-state index contributed by atoms with van der Waals surface area (Å²) in [6.45, 7) is 9.30. The van der Waals surface area contributed by atoms with E-state index in [0.717, 1.165) is 24.7 Å². The lowest BCUT2D eigenvalue weighted by Crippen LogP contribution is -2.32. The maximum Gasteiger partial charge on any atom is 0.271 e. The summed E-state index contributed by atoms with van der Waals surface area (Å²) in [6, 6.07) is 11.8. The third-order valence-corrected chi connectivity index (χ3v) is 4.86. The van der Waals surface area contributed by atoms with Crippen molar-refractivity contribution in [3.63, 3.8) is 0 Å². The van der Waals surface area contributed by atoms with E-state index in [1.165, 1.54) is 18.5 Å². The quantitative estimate of drug-likeness (QED) is 0.812. The van der Waals surface area contributed by atoms with E-state index in [2.05, 4.69) is 70.8 Å². The number of hydrogen-bond acceptors (Lipinski definition) is 5. The molecule has 1 aliphatic rings. The van der Waals surface area contributed by atoms with Crippen molar-refractivity contribution in [2.75, 3.05) is 29.9 Å². The van der Waals surface area contributed by atoms with E-state index < -0.39 is 0 Å². The maximum atomic E-state index is 12.0. The minimum atomic E-state index is -0.192. The van der Waals surface area contributed by atoms with Crippen LogP contribution in [0.5, 0.6) is 0 Å². The number of aromatic nitrogens is 2. The molecule has 0 bridgehead atoms. The Balaban J connectivity index is 1.56. The number of amides is 1. The topological polar surface area (TPSA) is 70.2 Å². The highest BCUT2D eigenvalue weighted by Crippen LogP contribution is 2.25. The molecule has 1 aromatic carbocycles. The Morgan fingerprint density at radius 1 is 1.11 bits per heavy atom. The first kappa shape index (κ1) is 19.1. The number of nitrogens with one attached hydrogen (secondary N) is 2. The third-order valence-electron chi connectivity index (χ3n) is 4.86. The molecule has 27 heavy (non-hydrogen) atoms. The van der Waals surface area contributed by atoms with Crippen LogP contribution in [0.2, 0.25) is 0 Å². The van der Waals surface area contributed by atoms with Gasteiger partial charge in [0.25, 0.3) is 5.91 Å². The van der Waals surface area contributed by atoms with Gasteiger partial charge in [-0.3, -0.25) is 4.79 Å². The van der Waals surface area contributed by atoms with Crippen LogP contribution in [0.4, 0.5) is 17.2 Å². The van der Waals surface area contributed by atoms with E-state index in [1.807, 2.05) is 0 Å². The van der Waals surface area contributed by atoms with Crippen LogP contribution in [0.25, 0.3) is 0 Å². The molecule has 2 aromatic rings. The molecule has 6 nitrogen and oxygen atoms in total. The number of hydrogen-bond donors (Lipinski definition) is 2. The molecule has 3 rings (SSSR count). The number of rotatable bonds is 6. The van der Waals surface area contributed by atoms with Crippen LogP contribution >= 0.6 is 0 Å². The molecule has 144 valence electrons. The van der Waals surface area contributed by atoms with Crippen molar-refractivity contribution < 1.29 is 4.79 Å². The predicted molar refractivity (Wildman–Crippen MR) is 110 cm³/mol. The molecular weight excluding hydrogens is 338 g/mol. The van der Waals surface area contributed by atoms with Gasteiger partial charge in [0.1, 0.15) is 0 Å². The van der Waals surface area contributed by atoms with Crippen molar-refractivity contribution in [2.24, 2.45) is 11.8 Å². The van der Waals surface area contributed by atoms with E-state index in [4.69, 9.17) is 0 Å². The summed E-state index contributed by atoms with van der Waals surface area (Å²) >= 11 is 0. The summed E-state index contributed by atoms with van der Waals surface area (Å²) in [6.07, 6.45) is 2.51. The second-order valence-electron chi connectivity index (χ2n) is 7.75. The zero-order chi connectivity index (χ0) is 19.2. The van der Waals surface area contributed by atoms with Gasteiger partial charge >= 0.3 is 0 Å². The van der Waals surface area contributed by atoms with E-state index in [9.17, 15) is 4.79 Å². The highest BCUT2D eigenvalue weighted by molar-refractivity contribution is 5.92. The van der Waals surface area contributed by atoms with Crippen molar-refractivity contribution in [3.8, 4) is 0 Å². The highest BCUT2D eigenvalue weighted by atomic mass is 16.1. The van der Waals surface area contributed by atoms with Crippen LogP contribution in [0.15, 0.2) is 36.4 Å². The fraction of sp³-hybridized carbons (Fsp3) is 0.476. The normalized spacial score (nSPS) is 15.0. The first-order valence-electron chi connectivity index (χ1n) is 9.75. The predicted octanol–water partition coefficient (Wildman–Crippen LogP) is 3.84. The third kappa shape index (κ3) is 5.42. The maximum absolute atomic E-state index is 12.0. The Bertz CT molecular complexity index is 734. The van der Waals surface area contributed by atoms with Crippen LogP contribution < -0.4 is 15.5 Å². The molecule has 1 aliphatic heterocycles. The summed E-state index contributed by atoms with van der Waals surface area (Å²) in [5, 5.41) is 14.2. The molecule has 0 atom stereocenters. The summed E-state index contributed by atoms with van der Waals surface area (Å²) in [5.74, 6) is 1.66. The van der Waals surface area contributed by atoms with E-state index in [-0.39, 0.29) is 5.91 Å². The molecule has 1 amide bonds. The number of carbonyl (C=O) groups excluding carboxylic acids is 1. The zero-order valence-corrected chi connectivity index (χ0v) is 16.4. The Morgan fingerprint density at radius 2 is 1.81 bits per heavy atom. The molecule has 1 aromatic heterocycles. The molecule has 0 unspecified atom stereocenters. The van der Waals surface area contributed by atoms with Crippen molar-refractivity contribution in [1.82, 2.24) is 15.5 Å². The van der Waals surface area contributed by atoms with Gasteiger partial charge in [0.15, 0.2) is 11.5 Å². The molecular formula is C21H29N5O. The van der Waals surface area contributed by atoms with Crippen molar-refractivity contribution in [1.29, 1.82) is 0 Å². The Kier molecular flexibility index (Phi) is 6.27. The minimum Gasteiger partial charge on any atom is -0.372 e. The van der Waals surface area contributed by atoms with Gasteiger partial charge in [0.2, 0.25) is 0 Å². The minimum absolute atomic E-state index is 0.192.